The lowest BCUT2D eigenvalue weighted by Crippen LogP contribution is -2.46. The van der Waals surface area contributed by atoms with Gasteiger partial charge in [-0.05, 0) is 24.5 Å². The van der Waals surface area contributed by atoms with E-state index < -0.39 is 17.5 Å². The third kappa shape index (κ3) is 3.43. The van der Waals surface area contributed by atoms with Crippen LogP contribution in [0.3, 0.4) is 0 Å². The van der Waals surface area contributed by atoms with Gasteiger partial charge in [-0.25, -0.2) is 4.79 Å². The number of hydrogen-bond donors (Lipinski definition) is 2. The highest BCUT2D eigenvalue weighted by Gasteiger charge is 2.54. The van der Waals surface area contributed by atoms with E-state index in [0.717, 1.165) is 11.3 Å². The molecule has 0 aliphatic carbocycles. The minimum atomic E-state index is -1.34. The van der Waals surface area contributed by atoms with Gasteiger partial charge in [0.1, 0.15) is 6.54 Å². The smallest absolute Gasteiger partial charge is 0.326 e. The first kappa shape index (κ1) is 18.6. The third-order valence-electron chi connectivity index (χ3n) is 4.84. The molecule has 0 aromatic heterocycles. The summed E-state index contributed by atoms with van der Waals surface area (Å²) in [4.78, 5) is 39.3. The Morgan fingerprint density at radius 3 is 2.04 bits per heavy atom. The van der Waals surface area contributed by atoms with Gasteiger partial charge in [0.05, 0.1) is 0 Å². The van der Waals surface area contributed by atoms with Gasteiger partial charge >= 0.3 is 6.03 Å². The zero-order valence-corrected chi connectivity index (χ0v) is 15.4. The number of carbonyl (C=O) groups excluding carboxylic acids is 3. The van der Waals surface area contributed by atoms with Gasteiger partial charge in [-0.3, -0.25) is 14.5 Å². The molecular weight excluding hydrogens is 342 g/mol. The van der Waals surface area contributed by atoms with E-state index in [1.54, 1.807) is 24.3 Å². The molecule has 1 unspecified atom stereocenters. The van der Waals surface area contributed by atoms with Crippen molar-refractivity contribution in [3.05, 3.63) is 71.8 Å². The summed E-state index contributed by atoms with van der Waals surface area (Å²) in [6, 6.07) is 17.6. The van der Waals surface area contributed by atoms with E-state index in [2.05, 4.69) is 10.6 Å². The zero-order chi connectivity index (χ0) is 19.4. The highest BCUT2D eigenvalue weighted by Crippen LogP contribution is 2.35. The quantitative estimate of drug-likeness (QED) is 0.772. The number of urea groups is 1. The summed E-state index contributed by atoms with van der Waals surface area (Å²) in [5.41, 5.74) is -0.0326. The fraction of sp³-hybridized carbons (Fsp3) is 0.286. The standard InChI is InChI=1S/C21H23N3O3/c1-3-15(2)22-18(25)14-24-19(26)21(23-20(24)27,16-10-6-4-7-11-16)17-12-8-5-9-13-17/h4-13,15H,3,14H2,1-2H3,(H,22,25)(H,23,27). The van der Waals surface area contributed by atoms with Gasteiger partial charge in [0.2, 0.25) is 5.91 Å². The molecule has 2 N–H and O–H groups in total. The molecule has 0 radical (unpaired) electrons. The van der Waals surface area contributed by atoms with Crippen LogP contribution in [0.5, 0.6) is 0 Å². The van der Waals surface area contributed by atoms with E-state index in [1.807, 2.05) is 50.2 Å². The zero-order valence-electron chi connectivity index (χ0n) is 15.4. The Morgan fingerprint density at radius 2 is 1.56 bits per heavy atom. The predicted molar refractivity (Wildman–Crippen MR) is 102 cm³/mol. The molecule has 1 aliphatic heterocycles. The lowest BCUT2D eigenvalue weighted by molar-refractivity contribution is -0.134. The van der Waals surface area contributed by atoms with Crippen LogP contribution in [0.15, 0.2) is 60.7 Å². The van der Waals surface area contributed by atoms with Crippen LogP contribution in [0.2, 0.25) is 0 Å². The Morgan fingerprint density at radius 1 is 1.04 bits per heavy atom. The lowest BCUT2D eigenvalue weighted by Gasteiger charge is -2.28. The van der Waals surface area contributed by atoms with Crippen LogP contribution in [0.25, 0.3) is 0 Å². The molecule has 1 fully saturated rings. The summed E-state index contributed by atoms with van der Waals surface area (Å²) in [5.74, 6) is -0.811. The van der Waals surface area contributed by atoms with Crippen molar-refractivity contribution in [3.8, 4) is 0 Å². The number of imide groups is 1. The van der Waals surface area contributed by atoms with E-state index in [9.17, 15) is 14.4 Å². The van der Waals surface area contributed by atoms with Crippen LogP contribution in [0.4, 0.5) is 4.79 Å². The molecule has 3 rings (SSSR count). The number of nitrogens with one attached hydrogen (secondary N) is 2. The Labute approximate surface area is 158 Å². The number of rotatable bonds is 6. The summed E-state index contributed by atoms with van der Waals surface area (Å²) in [6.45, 7) is 3.52. The maximum Gasteiger partial charge on any atom is 0.326 e. The van der Waals surface area contributed by atoms with Crippen molar-refractivity contribution >= 4 is 17.8 Å². The van der Waals surface area contributed by atoms with Gasteiger partial charge in [0.15, 0.2) is 5.54 Å². The van der Waals surface area contributed by atoms with Crippen LogP contribution in [-0.2, 0) is 15.1 Å². The van der Waals surface area contributed by atoms with E-state index in [4.69, 9.17) is 0 Å². The maximum atomic E-state index is 13.4. The first-order chi connectivity index (χ1) is 13.0. The van der Waals surface area contributed by atoms with Crippen molar-refractivity contribution in [2.75, 3.05) is 6.54 Å². The molecule has 1 saturated heterocycles. The second-order valence-corrected chi connectivity index (χ2v) is 6.68. The molecule has 4 amide bonds. The van der Waals surface area contributed by atoms with Crippen molar-refractivity contribution in [1.29, 1.82) is 0 Å². The number of carbonyl (C=O) groups is 3. The first-order valence-corrected chi connectivity index (χ1v) is 9.03. The largest absolute Gasteiger partial charge is 0.352 e. The molecule has 0 spiro atoms. The predicted octanol–water partition coefficient (Wildman–Crippen LogP) is 2.40. The summed E-state index contributed by atoms with van der Waals surface area (Å²) < 4.78 is 0. The van der Waals surface area contributed by atoms with E-state index in [1.165, 1.54) is 0 Å². The average Bonchev–Trinajstić information content (AvgIpc) is 2.94. The molecule has 1 atom stereocenters. The van der Waals surface area contributed by atoms with Crippen LogP contribution in [-0.4, -0.2) is 35.3 Å². The Bertz CT molecular complexity index is 797. The number of benzene rings is 2. The van der Waals surface area contributed by atoms with Gasteiger partial charge in [-0.15, -0.1) is 0 Å². The van der Waals surface area contributed by atoms with E-state index in [0.29, 0.717) is 11.1 Å². The molecule has 6 heteroatoms. The maximum absolute atomic E-state index is 13.4. The number of nitrogens with zero attached hydrogens (tertiary/aromatic N) is 1. The van der Waals surface area contributed by atoms with Gasteiger partial charge in [0, 0.05) is 6.04 Å². The minimum Gasteiger partial charge on any atom is -0.352 e. The molecule has 2 aromatic rings. The van der Waals surface area contributed by atoms with Crippen LogP contribution >= 0.6 is 0 Å². The molecular formula is C21H23N3O3. The molecule has 0 bridgehead atoms. The molecule has 140 valence electrons. The topological polar surface area (TPSA) is 78.5 Å². The van der Waals surface area contributed by atoms with Crippen LogP contribution in [0.1, 0.15) is 31.4 Å². The summed E-state index contributed by atoms with van der Waals surface area (Å²) in [6.07, 6.45) is 0.768. The molecule has 1 heterocycles. The van der Waals surface area contributed by atoms with Crippen LogP contribution in [0, 0.1) is 0 Å². The van der Waals surface area contributed by atoms with E-state index in [-0.39, 0.29) is 18.5 Å². The molecule has 27 heavy (non-hydrogen) atoms. The van der Waals surface area contributed by atoms with Gasteiger partial charge in [-0.1, -0.05) is 67.6 Å². The fourth-order valence-corrected chi connectivity index (χ4v) is 3.22. The first-order valence-electron chi connectivity index (χ1n) is 9.03. The molecule has 6 nitrogen and oxygen atoms in total. The van der Waals surface area contributed by atoms with Crippen molar-refractivity contribution in [2.24, 2.45) is 0 Å². The molecule has 0 saturated carbocycles. The highest BCUT2D eigenvalue weighted by molar-refractivity contribution is 6.11. The van der Waals surface area contributed by atoms with Crippen molar-refractivity contribution in [3.63, 3.8) is 0 Å². The SMILES string of the molecule is CCC(C)NC(=O)CN1C(=O)NC(c2ccccc2)(c2ccccc2)C1=O. The summed E-state index contributed by atoms with van der Waals surface area (Å²) >= 11 is 0. The highest BCUT2D eigenvalue weighted by atomic mass is 16.2. The van der Waals surface area contributed by atoms with Gasteiger partial charge in [0.25, 0.3) is 5.91 Å². The fourth-order valence-electron chi connectivity index (χ4n) is 3.22. The summed E-state index contributed by atoms with van der Waals surface area (Å²) in [7, 11) is 0. The summed E-state index contributed by atoms with van der Waals surface area (Å²) in [5, 5.41) is 5.62. The van der Waals surface area contributed by atoms with Gasteiger partial charge < -0.3 is 10.6 Å². The normalized spacial score (nSPS) is 16.7. The lowest BCUT2D eigenvalue weighted by atomic mass is 9.82. The van der Waals surface area contributed by atoms with Crippen molar-refractivity contribution < 1.29 is 14.4 Å². The Balaban J connectivity index is 1.98. The minimum absolute atomic E-state index is 0.0220. The number of amides is 4. The third-order valence-corrected chi connectivity index (χ3v) is 4.84. The van der Waals surface area contributed by atoms with Crippen molar-refractivity contribution in [1.82, 2.24) is 15.5 Å². The van der Waals surface area contributed by atoms with Crippen molar-refractivity contribution in [2.45, 2.75) is 31.8 Å². The van der Waals surface area contributed by atoms with Crippen LogP contribution < -0.4 is 10.6 Å². The molecule has 2 aromatic carbocycles. The monoisotopic (exact) mass is 365 g/mol. The second kappa shape index (κ2) is 7.61. The second-order valence-electron chi connectivity index (χ2n) is 6.68. The Kier molecular flexibility index (Phi) is 5.26. The Hall–Kier alpha value is -3.15. The number of hydrogen-bond acceptors (Lipinski definition) is 3. The average molecular weight is 365 g/mol. The van der Waals surface area contributed by atoms with E-state index >= 15 is 0 Å². The molecule has 1 aliphatic rings. The van der Waals surface area contributed by atoms with Gasteiger partial charge in [-0.2, -0.15) is 0 Å².